The molecule has 2 heteroatoms. The van der Waals surface area contributed by atoms with E-state index in [0.717, 1.165) is 23.5 Å². The van der Waals surface area contributed by atoms with Gasteiger partial charge in [0, 0.05) is 17.5 Å². The van der Waals surface area contributed by atoms with E-state index in [2.05, 4.69) is 54.6 Å². The van der Waals surface area contributed by atoms with E-state index in [0.29, 0.717) is 6.61 Å². The smallest absolute Gasteiger partial charge is 0.165 e. The highest BCUT2D eigenvalue weighted by Crippen LogP contribution is 2.40. The quantitative estimate of drug-likeness (QED) is 0.603. The first kappa shape index (κ1) is 12.8. The number of para-hydroxylation sites is 1. The van der Waals surface area contributed by atoms with Crippen LogP contribution in [0.5, 0.6) is 11.5 Å². The number of hydrogen-bond donors (Lipinski definition) is 0. The number of ether oxygens (including phenoxy) is 2. The van der Waals surface area contributed by atoms with Crippen LogP contribution in [0.1, 0.15) is 11.1 Å². The first-order valence-electron chi connectivity index (χ1n) is 7.94. The molecule has 2 aliphatic rings. The van der Waals surface area contributed by atoms with Gasteiger partial charge >= 0.3 is 0 Å². The van der Waals surface area contributed by atoms with Crippen molar-refractivity contribution < 1.29 is 9.47 Å². The van der Waals surface area contributed by atoms with Gasteiger partial charge in [0.05, 0.1) is 0 Å². The minimum Gasteiger partial charge on any atom is -0.489 e. The van der Waals surface area contributed by atoms with Crippen LogP contribution >= 0.6 is 0 Å². The molecule has 5 rings (SSSR count). The van der Waals surface area contributed by atoms with Gasteiger partial charge in [-0.3, -0.25) is 0 Å². The molecule has 1 unspecified atom stereocenters. The Kier molecular flexibility index (Phi) is 2.57. The molecular formula is C21H16O2. The first-order valence-corrected chi connectivity index (χ1v) is 7.94. The van der Waals surface area contributed by atoms with E-state index < -0.39 is 5.60 Å². The van der Waals surface area contributed by atoms with Crippen LogP contribution < -0.4 is 9.47 Å². The van der Waals surface area contributed by atoms with Crippen molar-refractivity contribution in [3.63, 3.8) is 0 Å². The summed E-state index contributed by atoms with van der Waals surface area (Å²) >= 11 is 0. The molecule has 1 spiro atoms. The molecule has 2 nitrogen and oxygen atoms in total. The molecule has 0 saturated carbocycles. The predicted octanol–water partition coefficient (Wildman–Crippen LogP) is 4.62. The molecule has 0 amide bonds. The number of fused-ring (bicyclic) bond motifs is 4. The van der Waals surface area contributed by atoms with Crippen molar-refractivity contribution in [1.82, 2.24) is 0 Å². The minimum atomic E-state index is -0.411. The molecule has 2 heterocycles. The Bertz CT molecular complexity index is 941. The average Bonchev–Trinajstić information content (AvgIpc) is 2.61. The Hall–Kier alpha value is -2.74. The van der Waals surface area contributed by atoms with E-state index in [4.69, 9.17) is 9.47 Å². The summed E-state index contributed by atoms with van der Waals surface area (Å²) in [5, 5.41) is 2.49. The molecule has 3 aromatic rings. The lowest BCUT2D eigenvalue weighted by Crippen LogP contribution is -2.46. The van der Waals surface area contributed by atoms with Gasteiger partial charge in [-0.25, -0.2) is 0 Å². The van der Waals surface area contributed by atoms with E-state index in [9.17, 15) is 0 Å². The summed E-state index contributed by atoms with van der Waals surface area (Å²) < 4.78 is 12.4. The second-order valence-electron chi connectivity index (χ2n) is 6.27. The maximum Gasteiger partial charge on any atom is 0.165 e. The summed E-state index contributed by atoms with van der Waals surface area (Å²) in [5.74, 6) is 1.91. The number of benzene rings is 3. The normalized spacial score (nSPS) is 21.4. The summed E-state index contributed by atoms with van der Waals surface area (Å²) in [7, 11) is 0. The minimum absolute atomic E-state index is 0.411. The molecule has 0 radical (unpaired) electrons. The molecule has 0 aromatic heterocycles. The maximum absolute atomic E-state index is 6.35. The molecule has 0 saturated heterocycles. The van der Waals surface area contributed by atoms with Crippen LogP contribution in [0, 0.1) is 0 Å². The monoisotopic (exact) mass is 300 g/mol. The van der Waals surface area contributed by atoms with Crippen molar-refractivity contribution >= 4 is 16.8 Å². The third-order valence-electron chi connectivity index (χ3n) is 4.74. The Morgan fingerprint density at radius 1 is 0.826 bits per heavy atom. The van der Waals surface area contributed by atoms with Crippen LogP contribution in [0.2, 0.25) is 0 Å². The van der Waals surface area contributed by atoms with Crippen molar-refractivity contribution in [3.05, 3.63) is 77.9 Å². The third kappa shape index (κ3) is 1.95. The molecule has 2 aliphatic heterocycles. The van der Waals surface area contributed by atoms with E-state index in [1.165, 1.54) is 16.3 Å². The molecule has 0 bridgehead atoms. The van der Waals surface area contributed by atoms with Crippen molar-refractivity contribution in [3.8, 4) is 11.5 Å². The van der Waals surface area contributed by atoms with Crippen LogP contribution in [0.15, 0.2) is 66.7 Å². The summed E-state index contributed by atoms with van der Waals surface area (Å²) in [5.41, 5.74) is 1.95. The maximum atomic E-state index is 6.35. The first-order chi connectivity index (χ1) is 11.3. The topological polar surface area (TPSA) is 18.5 Å². The molecular weight excluding hydrogens is 284 g/mol. The largest absolute Gasteiger partial charge is 0.489 e. The second-order valence-corrected chi connectivity index (χ2v) is 6.27. The summed E-state index contributed by atoms with van der Waals surface area (Å²) in [6.07, 6.45) is 5.13. The highest BCUT2D eigenvalue weighted by molar-refractivity contribution is 5.88. The van der Waals surface area contributed by atoms with Gasteiger partial charge in [0.2, 0.25) is 0 Å². The van der Waals surface area contributed by atoms with Gasteiger partial charge in [0.25, 0.3) is 0 Å². The van der Waals surface area contributed by atoms with Gasteiger partial charge in [-0.05, 0) is 29.0 Å². The lowest BCUT2D eigenvalue weighted by Gasteiger charge is -2.38. The van der Waals surface area contributed by atoms with Crippen LogP contribution in [-0.2, 0) is 6.42 Å². The van der Waals surface area contributed by atoms with E-state index >= 15 is 0 Å². The highest BCUT2D eigenvalue weighted by atomic mass is 16.5. The third-order valence-corrected chi connectivity index (χ3v) is 4.74. The Balaban J connectivity index is 1.62. The molecule has 0 N–H and O–H groups in total. The Morgan fingerprint density at radius 3 is 2.70 bits per heavy atom. The Labute approximate surface area is 135 Å². The van der Waals surface area contributed by atoms with Gasteiger partial charge in [-0.1, -0.05) is 54.6 Å². The zero-order valence-corrected chi connectivity index (χ0v) is 12.7. The lowest BCUT2D eigenvalue weighted by molar-refractivity contribution is 0.0459. The van der Waals surface area contributed by atoms with Crippen molar-refractivity contribution in [1.29, 1.82) is 0 Å². The van der Waals surface area contributed by atoms with Gasteiger partial charge in [-0.2, -0.15) is 0 Å². The predicted molar refractivity (Wildman–Crippen MR) is 92.0 cm³/mol. The SMILES string of the molecule is C1=CC2(COc3ccc4ccccc4c3C2)Oc2ccccc21. The van der Waals surface area contributed by atoms with Crippen molar-refractivity contribution in [2.75, 3.05) is 6.61 Å². The number of rotatable bonds is 0. The van der Waals surface area contributed by atoms with Gasteiger partial charge in [-0.15, -0.1) is 0 Å². The molecule has 3 aromatic carbocycles. The summed E-state index contributed by atoms with van der Waals surface area (Å²) in [6, 6.07) is 20.8. The molecule has 1 atom stereocenters. The van der Waals surface area contributed by atoms with Crippen LogP contribution in [0.25, 0.3) is 16.8 Å². The second kappa shape index (κ2) is 4.63. The van der Waals surface area contributed by atoms with Crippen LogP contribution in [-0.4, -0.2) is 12.2 Å². The van der Waals surface area contributed by atoms with E-state index in [1.807, 2.05) is 18.2 Å². The van der Waals surface area contributed by atoms with Gasteiger partial charge < -0.3 is 9.47 Å². The summed E-state index contributed by atoms with van der Waals surface area (Å²) in [4.78, 5) is 0. The van der Waals surface area contributed by atoms with Crippen LogP contribution in [0.4, 0.5) is 0 Å². The highest BCUT2D eigenvalue weighted by Gasteiger charge is 2.38. The zero-order valence-electron chi connectivity index (χ0n) is 12.7. The molecule has 0 aliphatic carbocycles. The molecule has 112 valence electrons. The fraction of sp³-hybridized carbons (Fsp3) is 0.143. The Morgan fingerprint density at radius 2 is 1.70 bits per heavy atom. The van der Waals surface area contributed by atoms with Gasteiger partial charge in [0.15, 0.2) is 5.60 Å². The van der Waals surface area contributed by atoms with Crippen LogP contribution in [0.3, 0.4) is 0 Å². The average molecular weight is 300 g/mol. The van der Waals surface area contributed by atoms with Crippen molar-refractivity contribution in [2.24, 2.45) is 0 Å². The van der Waals surface area contributed by atoms with Crippen molar-refractivity contribution in [2.45, 2.75) is 12.0 Å². The zero-order chi connectivity index (χ0) is 15.3. The number of hydrogen-bond acceptors (Lipinski definition) is 2. The lowest BCUT2D eigenvalue weighted by atomic mass is 9.87. The van der Waals surface area contributed by atoms with E-state index in [1.54, 1.807) is 0 Å². The molecule has 23 heavy (non-hydrogen) atoms. The molecule has 0 fully saturated rings. The summed E-state index contributed by atoms with van der Waals surface area (Å²) in [6.45, 7) is 0.545. The van der Waals surface area contributed by atoms with E-state index in [-0.39, 0.29) is 0 Å². The fourth-order valence-corrected chi connectivity index (χ4v) is 3.56. The van der Waals surface area contributed by atoms with Gasteiger partial charge in [0.1, 0.15) is 18.1 Å². The fourth-order valence-electron chi connectivity index (χ4n) is 3.56. The standard InChI is InChI=1S/C21H16O2/c1-3-7-17-15(5-1)9-10-20-18(17)13-21(14-22-20)12-11-16-6-2-4-8-19(16)23-21/h1-12H,13-14H2.